The van der Waals surface area contributed by atoms with Crippen LogP contribution in [-0.2, 0) is 9.59 Å². The second-order valence-corrected chi connectivity index (χ2v) is 5.57. The third-order valence-corrected chi connectivity index (χ3v) is 3.81. The Hall–Kier alpha value is -1.55. The highest BCUT2D eigenvalue weighted by atomic mass is 35.5. The Labute approximate surface area is 123 Å². The molecule has 0 aliphatic carbocycles. The van der Waals surface area contributed by atoms with Gasteiger partial charge in [0.15, 0.2) is 0 Å². The van der Waals surface area contributed by atoms with Crippen LogP contribution in [0.15, 0.2) is 18.2 Å². The first kappa shape index (κ1) is 14.9. The highest BCUT2D eigenvalue weighted by Crippen LogP contribution is 2.33. The number of hydrogen-bond donors (Lipinski definition) is 2. The van der Waals surface area contributed by atoms with Gasteiger partial charge in [0.2, 0.25) is 11.8 Å². The zero-order valence-corrected chi connectivity index (χ0v) is 12.3. The van der Waals surface area contributed by atoms with Gasteiger partial charge in [-0.1, -0.05) is 32.3 Å². The van der Waals surface area contributed by atoms with Crippen LogP contribution in [0.4, 0.5) is 11.4 Å². The monoisotopic (exact) mass is 294 g/mol. The number of amides is 2. The summed E-state index contributed by atoms with van der Waals surface area (Å²) < 4.78 is 0. The highest BCUT2D eigenvalue weighted by Gasteiger charge is 2.19. The number of unbranched alkanes of at least 4 members (excludes halogenated alkanes) is 2. The Morgan fingerprint density at radius 1 is 1.15 bits per heavy atom. The minimum Gasteiger partial charge on any atom is -0.324 e. The van der Waals surface area contributed by atoms with Crippen molar-refractivity contribution in [2.24, 2.45) is 0 Å². The fourth-order valence-electron chi connectivity index (χ4n) is 2.24. The van der Waals surface area contributed by atoms with Crippen molar-refractivity contribution in [3.05, 3.63) is 23.8 Å². The van der Waals surface area contributed by atoms with Crippen LogP contribution in [0.2, 0.25) is 0 Å². The van der Waals surface area contributed by atoms with Crippen LogP contribution < -0.4 is 10.6 Å². The van der Waals surface area contributed by atoms with Crippen LogP contribution in [0.1, 0.15) is 50.0 Å². The van der Waals surface area contributed by atoms with E-state index in [4.69, 9.17) is 11.6 Å². The number of rotatable bonds is 5. The van der Waals surface area contributed by atoms with Crippen molar-refractivity contribution in [1.29, 1.82) is 0 Å². The van der Waals surface area contributed by atoms with Gasteiger partial charge in [-0.15, -0.1) is 11.6 Å². The lowest BCUT2D eigenvalue weighted by Gasteiger charge is -2.13. The molecule has 1 aliphatic rings. The molecule has 4 nitrogen and oxygen atoms in total. The molecule has 20 heavy (non-hydrogen) atoms. The first-order valence-electron chi connectivity index (χ1n) is 6.98. The third kappa shape index (κ3) is 3.73. The molecule has 0 radical (unpaired) electrons. The Bertz CT molecular complexity index is 517. The Morgan fingerprint density at radius 3 is 2.55 bits per heavy atom. The molecule has 1 aromatic rings. The van der Waals surface area contributed by atoms with Gasteiger partial charge in [0.1, 0.15) is 6.42 Å². The maximum Gasteiger partial charge on any atom is 0.233 e. The Balaban J connectivity index is 2.14. The standard InChI is InChI=1S/C15H19ClN2O2/c1-2-3-4-5-11(16)10-6-7-12-13(8-10)18-15(20)9-14(19)17-12/h6-8,11H,2-5,9H2,1H3,(H,17,19)(H,18,20). The fourth-order valence-corrected chi connectivity index (χ4v) is 2.53. The summed E-state index contributed by atoms with van der Waals surface area (Å²) in [6.45, 7) is 2.16. The number of carbonyl (C=O) groups is 2. The van der Waals surface area contributed by atoms with E-state index in [2.05, 4.69) is 17.6 Å². The first-order valence-corrected chi connectivity index (χ1v) is 7.41. The molecule has 2 amide bonds. The number of fused-ring (bicyclic) bond motifs is 1. The molecule has 1 unspecified atom stereocenters. The van der Waals surface area contributed by atoms with Gasteiger partial charge in [0.25, 0.3) is 0 Å². The van der Waals surface area contributed by atoms with Crippen LogP contribution in [0.25, 0.3) is 0 Å². The average Bonchev–Trinajstić information content (AvgIpc) is 2.54. The molecule has 0 bridgehead atoms. The molecule has 0 spiro atoms. The molecule has 2 N–H and O–H groups in total. The third-order valence-electron chi connectivity index (χ3n) is 3.34. The van der Waals surface area contributed by atoms with Crippen LogP contribution in [0, 0.1) is 0 Å². The van der Waals surface area contributed by atoms with Crippen molar-refractivity contribution in [2.75, 3.05) is 10.6 Å². The van der Waals surface area contributed by atoms with Gasteiger partial charge >= 0.3 is 0 Å². The van der Waals surface area contributed by atoms with Crippen molar-refractivity contribution in [3.8, 4) is 0 Å². The molecule has 2 rings (SSSR count). The van der Waals surface area contributed by atoms with Crippen molar-refractivity contribution in [1.82, 2.24) is 0 Å². The van der Waals surface area contributed by atoms with Gasteiger partial charge in [-0.2, -0.15) is 0 Å². The van der Waals surface area contributed by atoms with Gasteiger partial charge in [-0.05, 0) is 24.1 Å². The zero-order chi connectivity index (χ0) is 14.5. The molecule has 0 saturated carbocycles. The smallest absolute Gasteiger partial charge is 0.233 e. The molecule has 1 atom stereocenters. The summed E-state index contributed by atoms with van der Waals surface area (Å²) in [5.41, 5.74) is 2.22. The Morgan fingerprint density at radius 2 is 1.85 bits per heavy atom. The minimum atomic E-state index is -0.296. The second kappa shape index (κ2) is 6.75. The quantitative estimate of drug-likeness (QED) is 0.492. The van der Waals surface area contributed by atoms with E-state index < -0.39 is 0 Å². The topological polar surface area (TPSA) is 58.2 Å². The van der Waals surface area contributed by atoms with Crippen molar-refractivity contribution in [2.45, 2.75) is 44.4 Å². The molecule has 1 heterocycles. The van der Waals surface area contributed by atoms with Crippen LogP contribution in [0.5, 0.6) is 0 Å². The highest BCUT2D eigenvalue weighted by molar-refractivity contribution is 6.21. The Kier molecular flexibility index (Phi) is 5.01. The molecular formula is C15H19ClN2O2. The van der Waals surface area contributed by atoms with E-state index in [0.717, 1.165) is 24.8 Å². The maximum absolute atomic E-state index is 11.5. The molecule has 5 heteroatoms. The molecule has 1 aliphatic heterocycles. The summed E-state index contributed by atoms with van der Waals surface area (Å²) in [7, 11) is 0. The summed E-state index contributed by atoms with van der Waals surface area (Å²) in [5.74, 6) is -0.588. The molecular weight excluding hydrogens is 276 g/mol. The molecule has 1 aromatic carbocycles. The van der Waals surface area contributed by atoms with E-state index in [9.17, 15) is 9.59 Å². The lowest BCUT2D eigenvalue weighted by molar-refractivity contribution is -0.123. The number of nitrogens with one attached hydrogen (secondary N) is 2. The number of carbonyl (C=O) groups excluding carboxylic acids is 2. The summed E-state index contributed by atoms with van der Waals surface area (Å²) in [6.07, 6.45) is 4.18. The fraction of sp³-hybridized carbons (Fsp3) is 0.467. The average molecular weight is 295 g/mol. The number of anilines is 2. The maximum atomic E-state index is 11.5. The summed E-state index contributed by atoms with van der Waals surface area (Å²) in [4.78, 5) is 23.0. The second-order valence-electron chi connectivity index (χ2n) is 5.04. The van der Waals surface area contributed by atoms with Crippen LogP contribution >= 0.6 is 11.6 Å². The number of hydrogen-bond acceptors (Lipinski definition) is 2. The first-order chi connectivity index (χ1) is 9.60. The van der Waals surface area contributed by atoms with Crippen LogP contribution in [-0.4, -0.2) is 11.8 Å². The van der Waals surface area contributed by atoms with Gasteiger partial charge in [0.05, 0.1) is 16.8 Å². The number of benzene rings is 1. The van der Waals surface area contributed by atoms with E-state index >= 15 is 0 Å². The molecule has 0 aromatic heterocycles. The molecule has 108 valence electrons. The van der Waals surface area contributed by atoms with Crippen LogP contribution in [0.3, 0.4) is 0 Å². The summed E-state index contributed by atoms with van der Waals surface area (Å²) in [6, 6.07) is 5.55. The lowest BCUT2D eigenvalue weighted by Crippen LogP contribution is -2.16. The van der Waals surface area contributed by atoms with E-state index in [1.54, 1.807) is 6.07 Å². The van der Waals surface area contributed by atoms with E-state index in [-0.39, 0.29) is 23.6 Å². The summed E-state index contributed by atoms with van der Waals surface area (Å²) in [5, 5.41) is 5.37. The van der Waals surface area contributed by atoms with E-state index in [1.165, 1.54) is 6.42 Å². The summed E-state index contributed by atoms with van der Waals surface area (Å²) >= 11 is 6.39. The van der Waals surface area contributed by atoms with Gasteiger partial charge in [-0.3, -0.25) is 9.59 Å². The van der Waals surface area contributed by atoms with E-state index in [1.807, 2.05) is 12.1 Å². The van der Waals surface area contributed by atoms with E-state index in [0.29, 0.717) is 11.4 Å². The van der Waals surface area contributed by atoms with Crippen molar-refractivity contribution in [3.63, 3.8) is 0 Å². The van der Waals surface area contributed by atoms with Gasteiger partial charge in [0, 0.05) is 0 Å². The predicted molar refractivity (Wildman–Crippen MR) is 81.1 cm³/mol. The lowest BCUT2D eigenvalue weighted by atomic mass is 10.0. The van der Waals surface area contributed by atoms with Crippen molar-refractivity contribution < 1.29 is 9.59 Å². The minimum absolute atomic E-state index is 0.0669. The number of alkyl halides is 1. The zero-order valence-electron chi connectivity index (χ0n) is 11.5. The van der Waals surface area contributed by atoms with Gasteiger partial charge < -0.3 is 10.6 Å². The normalized spacial score (nSPS) is 15.9. The van der Waals surface area contributed by atoms with Gasteiger partial charge in [-0.25, -0.2) is 0 Å². The molecule has 0 saturated heterocycles. The SMILES string of the molecule is CCCCCC(Cl)c1ccc2c(c1)NC(=O)CC(=O)N2. The number of halogens is 1. The van der Waals surface area contributed by atoms with Crippen molar-refractivity contribution >= 4 is 34.8 Å². The predicted octanol–water partition coefficient (Wildman–Crippen LogP) is 3.83. The largest absolute Gasteiger partial charge is 0.324 e. The molecule has 0 fully saturated rings.